The Bertz CT molecular complexity index is 636. The van der Waals surface area contributed by atoms with Gasteiger partial charge in [0.1, 0.15) is 5.75 Å². The van der Waals surface area contributed by atoms with E-state index in [0.717, 1.165) is 23.4 Å². The largest absolute Gasteiger partial charge is 0.427 e. The number of nitrogens with zero attached hydrogens (tertiary/aromatic N) is 2. The molecule has 0 amide bonds. The predicted octanol–water partition coefficient (Wildman–Crippen LogP) is 5.36. The Labute approximate surface area is 150 Å². The van der Waals surface area contributed by atoms with Gasteiger partial charge in [-0.05, 0) is 37.1 Å². The van der Waals surface area contributed by atoms with E-state index in [1.807, 2.05) is 24.5 Å². The second-order valence-corrected chi connectivity index (χ2v) is 6.26. The third-order valence-corrected chi connectivity index (χ3v) is 4.16. The monoisotopic (exact) mass is 340 g/mol. The lowest BCUT2D eigenvalue weighted by Gasteiger charge is -2.05. The van der Waals surface area contributed by atoms with Gasteiger partial charge in [-0.3, -0.25) is 14.8 Å². The molecule has 0 radical (unpaired) electrons. The fourth-order valence-electron chi connectivity index (χ4n) is 2.62. The smallest absolute Gasteiger partial charge is 0.310 e. The van der Waals surface area contributed by atoms with Gasteiger partial charge in [-0.25, -0.2) is 0 Å². The normalized spacial score (nSPS) is 10.6. The molecule has 1 aromatic heterocycles. The molecule has 0 spiro atoms. The summed E-state index contributed by atoms with van der Waals surface area (Å²) in [5, 5.41) is 0. The molecule has 1 heterocycles. The maximum absolute atomic E-state index is 11.3. The number of unbranched alkanes of at least 4 members (excludes halogenated alkanes) is 5. The maximum Gasteiger partial charge on any atom is 0.310 e. The highest BCUT2D eigenvalue weighted by molar-refractivity contribution is 5.72. The van der Waals surface area contributed by atoms with E-state index in [9.17, 15) is 4.79 Å². The van der Waals surface area contributed by atoms with Crippen LogP contribution in [0.15, 0.2) is 36.7 Å². The molecule has 0 fully saturated rings. The minimum absolute atomic E-state index is 0.230. The van der Waals surface area contributed by atoms with Crippen LogP contribution in [0.4, 0.5) is 0 Å². The van der Waals surface area contributed by atoms with Crippen molar-refractivity contribution < 1.29 is 9.53 Å². The number of hydrogen-bond donors (Lipinski definition) is 0. The van der Waals surface area contributed by atoms with Crippen LogP contribution < -0.4 is 4.74 Å². The van der Waals surface area contributed by atoms with Gasteiger partial charge in [0, 0.05) is 18.2 Å². The Morgan fingerprint density at radius 3 is 2.28 bits per heavy atom. The van der Waals surface area contributed by atoms with Crippen LogP contribution in [0.5, 0.6) is 5.75 Å². The first kappa shape index (κ1) is 19.1. The summed E-state index contributed by atoms with van der Waals surface area (Å²) in [5.74, 6) is 0.329. The summed E-state index contributed by atoms with van der Waals surface area (Å²) in [5.41, 5.74) is 2.85. The van der Waals surface area contributed by atoms with Gasteiger partial charge < -0.3 is 4.74 Å². The van der Waals surface area contributed by atoms with Crippen molar-refractivity contribution in [2.24, 2.45) is 0 Å². The topological polar surface area (TPSA) is 52.1 Å². The van der Waals surface area contributed by atoms with Gasteiger partial charge in [0.05, 0.1) is 17.6 Å². The van der Waals surface area contributed by atoms with Crippen molar-refractivity contribution in [2.75, 3.05) is 0 Å². The SMILES string of the molecule is CCCCCCCCc1cnc(-c2ccc(OC(=O)CC)cc2)cn1. The van der Waals surface area contributed by atoms with E-state index in [0.29, 0.717) is 12.2 Å². The lowest BCUT2D eigenvalue weighted by Crippen LogP contribution is -2.05. The molecule has 0 unspecified atom stereocenters. The Balaban J connectivity index is 1.84. The van der Waals surface area contributed by atoms with Gasteiger partial charge in [-0.1, -0.05) is 46.0 Å². The molecule has 2 rings (SSSR count). The van der Waals surface area contributed by atoms with Crippen molar-refractivity contribution in [2.45, 2.75) is 65.2 Å². The van der Waals surface area contributed by atoms with E-state index in [4.69, 9.17) is 4.74 Å². The highest BCUT2D eigenvalue weighted by Crippen LogP contribution is 2.20. The average Bonchev–Trinajstić information content (AvgIpc) is 2.65. The van der Waals surface area contributed by atoms with E-state index in [-0.39, 0.29) is 5.97 Å². The number of carbonyl (C=O) groups is 1. The summed E-state index contributed by atoms with van der Waals surface area (Å²) >= 11 is 0. The van der Waals surface area contributed by atoms with Crippen molar-refractivity contribution in [3.8, 4) is 17.0 Å². The van der Waals surface area contributed by atoms with Crippen LogP contribution >= 0.6 is 0 Å². The molecule has 0 aliphatic rings. The Hall–Kier alpha value is -2.23. The van der Waals surface area contributed by atoms with Crippen molar-refractivity contribution >= 4 is 5.97 Å². The molecule has 1 aromatic carbocycles. The summed E-state index contributed by atoms with van der Waals surface area (Å²) in [6.07, 6.45) is 12.8. The number of benzene rings is 1. The molecule has 0 saturated heterocycles. The quantitative estimate of drug-likeness (QED) is 0.332. The molecule has 0 aliphatic carbocycles. The molecule has 25 heavy (non-hydrogen) atoms. The lowest BCUT2D eigenvalue weighted by atomic mass is 10.1. The zero-order valence-corrected chi connectivity index (χ0v) is 15.3. The second kappa shape index (κ2) is 10.6. The molecule has 134 valence electrons. The Kier molecular flexibility index (Phi) is 8.10. The maximum atomic E-state index is 11.3. The molecular weight excluding hydrogens is 312 g/mol. The first-order valence-electron chi connectivity index (χ1n) is 9.35. The fourth-order valence-corrected chi connectivity index (χ4v) is 2.62. The van der Waals surface area contributed by atoms with E-state index >= 15 is 0 Å². The van der Waals surface area contributed by atoms with Gasteiger partial charge in [0.25, 0.3) is 0 Å². The third kappa shape index (κ3) is 6.65. The van der Waals surface area contributed by atoms with Gasteiger partial charge in [0.2, 0.25) is 0 Å². The van der Waals surface area contributed by atoms with Crippen LogP contribution in [0.2, 0.25) is 0 Å². The standard InChI is InChI=1S/C21H28N2O2/c1-3-5-6-7-8-9-10-18-15-23-20(16-22-18)17-11-13-19(14-12-17)25-21(24)4-2/h11-16H,3-10H2,1-2H3. The van der Waals surface area contributed by atoms with Gasteiger partial charge in [-0.2, -0.15) is 0 Å². The summed E-state index contributed by atoms with van der Waals surface area (Å²) in [4.78, 5) is 20.3. The molecule has 2 aromatic rings. The van der Waals surface area contributed by atoms with Crippen LogP contribution in [-0.4, -0.2) is 15.9 Å². The van der Waals surface area contributed by atoms with Crippen LogP contribution in [0.1, 0.15) is 64.5 Å². The third-order valence-electron chi connectivity index (χ3n) is 4.16. The molecule has 0 saturated carbocycles. The van der Waals surface area contributed by atoms with Crippen molar-refractivity contribution in [1.29, 1.82) is 0 Å². The van der Waals surface area contributed by atoms with E-state index < -0.39 is 0 Å². The van der Waals surface area contributed by atoms with Gasteiger partial charge >= 0.3 is 5.97 Å². The zero-order valence-electron chi connectivity index (χ0n) is 15.3. The summed E-state index contributed by atoms with van der Waals surface area (Å²) in [6.45, 7) is 4.02. The molecule has 4 heteroatoms. The van der Waals surface area contributed by atoms with E-state index in [1.165, 1.54) is 38.5 Å². The number of esters is 1. The number of aryl methyl sites for hydroxylation is 1. The van der Waals surface area contributed by atoms with Crippen LogP contribution in [0, 0.1) is 0 Å². The highest BCUT2D eigenvalue weighted by Gasteiger charge is 2.04. The molecule has 4 nitrogen and oxygen atoms in total. The fraction of sp³-hybridized carbons (Fsp3) is 0.476. The van der Waals surface area contributed by atoms with Gasteiger partial charge in [-0.15, -0.1) is 0 Å². The van der Waals surface area contributed by atoms with Crippen molar-refractivity contribution in [3.63, 3.8) is 0 Å². The Morgan fingerprint density at radius 1 is 0.920 bits per heavy atom. The molecule has 0 atom stereocenters. The minimum Gasteiger partial charge on any atom is -0.427 e. The first-order valence-corrected chi connectivity index (χ1v) is 9.35. The number of carbonyl (C=O) groups excluding carboxylic acids is 1. The van der Waals surface area contributed by atoms with Crippen molar-refractivity contribution in [1.82, 2.24) is 9.97 Å². The summed E-state index contributed by atoms with van der Waals surface area (Å²) in [7, 11) is 0. The summed E-state index contributed by atoms with van der Waals surface area (Å²) in [6, 6.07) is 7.37. The number of hydrogen-bond acceptors (Lipinski definition) is 4. The second-order valence-electron chi connectivity index (χ2n) is 6.26. The van der Waals surface area contributed by atoms with Crippen LogP contribution in [0.25, 0.3) is 11.3 Å². The summed E-state index contributed by atoms with van der Waals surface area (Å²) < 4.78 is 5.18. The predicted molar refractivity (Wildman–Crippen MR) is 100 cm³/mol. The van der Waals surface area contributed by atoms with Crippen molar-refractivity contribution in [3.05, 3.63) is 42.4 Å². The first-order chi connectivity index (χ1) is 12.2. The minimum atomic E-state index is -0.230. The number of ether oxygens (including phenoxy) is 1. The lowest BCUT2D eigenvalue weighted by molar-refractivity contribution is -0.134. The molecular formula is C21H28N2O2. The highest BCUT2D eigenvalue weighted by atomic mass is 16.5. The molecule has 0 bridgehead atoms. The molecule has 0 N–H and O–H groups in total. The number of rotatable bonds is 10. The molecule has 0 aliphatic heterocycles. The van der Waals surface area contributed by atoms with Gasteiger partial charge in [0.15, 0.2) is 0 Å². The Morgan fingerprint density at radius 2 is 1.64 bits per heavy atom. The van der Waals surface area contributed by atoms with Crippen LogP contribution in [-0.2, 0) is 11.2 Å². The zero-order chi connectivity index (χ0) is 17.9. The number of aromatic nitrogens is 2. The van der Waals surface area contributed by atoms with E-state index in [1.54, 1.807) is 19.1 Å². The van der Waals surface area contributed by atoms with E-state index in [2.05, 4.69) is 16.9 Å². The van der Waals surface area contributed by atoms with Crippen LogP contribution in [0.3, 0.4) is 0 Å². The average molecular weight is 340 g/mol.